The van der Waals surface area contributed by atoms with Crippen LogP contribution in [0, 0.1) is 5.92 Å². The molecule has 1 heterocycles. The molecule has 0 saturated heterocycles. The smallest absolute Gasteiger partial charge is 0.243 e. The average Bonchev–Trinajstić information content (AvgIpc) is 2.86. The molecule has 1 aromatic rings. The molecule has 0 spiro atoms. The first-order chi connectivity index (χ1) is 9.44. The van der Waals surface area contributed by atoms with E-state index in [4.69, 9.17) is 5.73 Å². The van der Waals surface area contributed by atoms with E-state index in [2.05, 4.69) is 23.7 Å². The molecule has 7 heteroatoms. The van der Waals surface area contributed by atoms with Gasteiger partial charge < -0.3 is 5.73 Å². The molecule has 0 radical (unpaired) electrons. The summed E-state index contributed by atoms with van der Waals surface area (Å²) >= 11 is 0. The number of nitrogens with one attached hydrogen (secondary N) is 1. The highest BCUT2D eigenvalue weighted by molar-refractivity contribution is 7.89. The second kappa shape index (κ2) is 7.75. The zero-order chi connectivity index (χ0) is 15.2. The van der Waals surface area contributed by atoms with Crippen LogP contribution < -0.4 is 10.5 Å². The van der Waals surface area contributed by atoms with Crippen LogP contribution in [0.2, 0.25) is 0 Å². The van der Waals surface area contributed by atoms with Gasteiger partial charge in [0.25, 0.3) is 0 Å². The van der Waals surface area contributed by atoms with Gasteiger partial charge in [0, 0.05) is 18.8 Å². The van der Waals surface area contributed by atoms with E-state index in [1.165, 1.54) is 6.20 Å². The highest BCUT2D eigenvalue weighted by Gasteiger charge is 2.23. The van der Waals surface area contributed by atoms with Crippen LogP contribution in [-0.2, 0) is 16.6 Å². The third-order valence-corrected chi connectivity index (χ3v) is 5.12. The van der Waals surface area contributed by atoms with E-state index >= 15 is 0 Å². The molecule has 0 saturated carbocycles. The normalized spacial score (nSPS) is 13.8. The van der Waals surface area contributed by atoms with E-state index in [0.717, 1.165) is 19.3 Å². The average molecular weight is 302 g/mol. The zero-order valence-corrected chi connectivity index (χ0v) is 13.4. The first-order valence-corrected chi connectivity index (χ1v) is 8.67. The lowest BCUT2D eigenvalue weighted by Gasteiger charge is -2.21. The largest absolute Gasteiger partial charge is 0.330 e. The van der Waals surface area contributed by atoms with E-state index in [9.17, 15) is 8.42 Å². The van der Waals surface area contributed by atoms with Gasteiger partial charge in [0.1, 0.15) is 4.90 Å². The molecule has 6 nitrogen and oxygen atoms in total. The Kier molecular flexibility index (Phi) is 6.64. The van der Waals surface area contributed by atoms with Gasteiger partial charge in [-0.15, -0.1) is 0 Å². The van der Waals surface area contributed by atoms with Crippen LogP contribution in [0.4, 0.5) is 0 Å². The number of hydrogen-bond acceptors (Lipinski definition) is 4. The summed E-state index contributed by atoms with van der Waals surface area (Å²) < 4.78 is 28.9. The highest BCUT2D eigenvalue weighted by atomic mass is 32.2. The summed E-state index contributed by atoms with van der Waals surface area (Å²) in [7, 11) is -3.49. The molecule has 3 N–H and O–H groups in total. The van der Waals surface area contributed by atoms with E-state index in [-0.39, 0.29) is 10.9 Å². The topological polar surface area (TPSA) is 90.0 Å². The molecule has 1 aromatic heterocycles. The predicted octanol–water partition coefficient (Wildman–Crippen LogP) is 1.33. The van der Waals surface area contributed by atoms with Crippen LogP contribution in [0.5, 0.6) is 0 Å². The van der Waals surface area contributed by atoms with Crippen LogP contribution in [0.3, 0.4) is 0 Å². The Bertz CT molecular complexity index is 494. The van der Waals surface area contributed by atoms with Gasteiger partial charge in [-0.3, -0.25) is 4.68 Å². The van der Waals surface area contributed by atoms with Crippen LogP contribution in [0.15, 0.2) is 17.3 Å². The minimum absolute atomic E-state index is 0.0811. The molecule has 116 valence electrons. The van der Waals surface area contributed by atoms with Gasteiger partial charge in [0.05, 0.1) is 6.20 Å². The van der Waals surface area contributed by atoms with Crippen LogP contribution in [0.25, 0.3) is 0 Å². The molecule has 0 amide bonds. The van der Waals surface area contributed by atoms with Crippen molar-refractivity contribution in [1.82, 2.24) is 14.5 Å². The molecule has 0 fully saturated rings. The van der Waals surface area contributed by atoms with Gasteiger partial charge in [-0.2, -0.15) is 5.10 Å². The van der Waals surface area contributed by atoms with Crippen molar-refractivity contribution in [2.75, 3.05) is 6.54 Å². The molecule has 1 atom stereocenters. The van der Waals surface area contributed by atoms with Crippen LogP contribution >= 0.6 is 0 Å². The standard InChI is InChI=1S/C13H26N4O2S/c1-4-12(5-2)11(3)16-20(18,19)13-9-15-17(10-13)8-6-7-14/h9-12,16H,4-8,14H2,1-3H3. The molecule has 1 unspecified atom stereocenters. The lowest BCUT2D eigenvalue weighted by molar-refractivity contribution is 0.390. The maximum Gasteiger partial charge on any atom is 0.243 e. The molecule has 0 aliphatic heterocycles. The second-order valence-electron chi connectivity index (χ2n) is 5.07. The number of nitrogens with two attached hydrogens (primary N) is 1. The third-order valence-electron chi connectivity index (χ3n) is 3.61. The molecule has 0 bridgehead atoms. The van der Waals surface area contributed by atoms with Gasteiger partial charge in [-0.1, -0.05) is 26.7 Å². The molecular formula is C13H26N4O2S. The van der Waals surface area contributed by atoms with Crippen molar-refractivity contribution >= 4 is 10.0 Å². The van der Waals surface area contributed by atoms with E-state index in [1.54, 1.807) is 10.9 Å². The summed E-state index contributed by atoms with van der Waals surface area (Å²) in [4.78, 5) is 0.215. The van der Waals surface area contributed by atoms with E-state index in [1.807, 2.05) is 6.92 Å². The van der Waals surface area contributed by atoms with Crippen molar-refractivity contribution in [3.8, 4) is 0 Å². The highest BCUT2D eigenvalue weighted by Crippen LogP contribution is 2.16. The summed E-state index contributed by atoms with van der Waals surface area (Å²) in [5, 5.41) is 4.05. The van der Waals surface area contributed by atoms with Crippen molar-refractivity contribution in [1.29, 1.82) is 0 Å². The molecule has 0 aliphatic rings. The van der Waals surface area contributed by atoms with Gasteiger partial charge >= 0.3 is 0 Å². The number of rotatable bonds is 9. The number of hydrogen-bond donors (Lipinski definition) is 2. The zero-order valence-electron chi connectivity index (χ0n) is 12.5. The van der Waals surface area contributed by atoms with Crippen molar-refractivity contribution in [3.63, 3.8) is 0 Å². The van der Waals surface area contributed by atoms with Crippen molar-refractivity contribution in [2.45, 2.75) is 57.5 Å². The van der Waals surface area contributed by atoms with Gasteiger partial charge in [0.2, 0.25) is 10.0 Å². The maximum absolute atomic E-state index is 12.3. The van der Waals surface area contributed by atoms with E-state index < -0.39 is 10.0 Å². The fourth-order valence-electron chi connectivity index (χ4n) is 2.26. The number of nitrogens with zero attached hydrogens (tertiary/aromatic N) is 2. The van der Waals surface area contributed by atoms with Crippen molar-refractivity contribution in [3.05, 3.63) is 12.4 Å². The first-order valence-electron chi connectivity index (χ1n) is 7.19. The quantitative estimate of drug-likeness (QED) is 0.720. The van der Waals surface area contributed by atoms with Gasteiger partial charge in [-0.05, 0) is 25.8 Å². The monoisotopic (exact) mass is 302 g/mol. The summed E-state index contributed by atoms with van der Waals surface area (Å²) in [6, 6.07) is -0.0811. The molecular weight excluding hydrogens is 276 g/mol. The fraction of sp³-hybridized carbons (Fsp3) is 0.769. The molecule has 0 aromatic carbocycles. The Balaban J connectivity index is 2.75. The van der Waals surface area contributed by atoms with Gasteiger partial charge in [0.15, 0.2) is 0 Å². The summed E-state index contributed by atoms with van der Waals surface area (Å²) in [5.74, 6) is 0.345. The summed E-state index contributed by atoms with van der Waals surface area (Å²) in [5.41, 5.74) is 5.43. The fourth-order valence-corrected chi connectivity index (χ4v) is 3.53. The molecule has 20 heavy (non-hydrogen) atoms. The minimum Gasteiger partial charge on any atom is -0.330 e. The Morgan fingerprint density at radius 3 is 2.60 bits per heavy atom. The predicted molar refractivity (Wildman–Crippen MR) is 79.8 cm³/mol. The maximum atomic E-state index is 12.3. The Labute approximate surface area is 121 Å². The Morgan fingerprint density at radius 2 is 2.05 bits per heavy atom. The Hall–Kier alpha value is -0.920. The molecule has 0 aliphatic carbocycles. The lowest BCUT2D eigenvalue weighted by Crippen LogP contribution is -2.37. The van der Waals surface area contributed by atoms with Crippen molar-refractivity contribution in [2.24, 2.45) is 11.7 Å². The van der Waals surface area contributed by atoms with E-state index in [0.29, 0.717) is 19.0 Å². The van der Waals surface area contributed by atoms with Crippen LogP contribution in [-0.4, -0.2) is 30.8 Å². The number of aryl methyl sites for hydroxylation is 1. The summed E-state index contributed by atoms with van der Waals surface area (Å²) in [6.45, 7) is 7.25. The lowest BCUT2D eigenvalue weighted by atomic mass is 9.96. The minimum atomic E-state index is -3.49. The third kappa shape index (κ3) is 4.57. The van der Waals surface area contributed by atoms with Crippen molar-refractivity contribution < 1.29 is 8.42 Å². The number of aromatic nitrogens is 2. The number of sulfonamides is 1. The first kappa shape index (κ1) is 17.1. The summed E-state index contributed by atoms with van der Waals surface area (Å²) in [6.07, 6.45) is 5.63. The SMILES string of the molecule is CCC(CC)C(C)NS(=O)(=O)c1cnn(CCCN)c1. The Morgan fingerprint density at radius 1 is 1.40 bits per heavy atom. The van der Waals surface area contributed by atoms with Crippen LogP contribution in [0.1, 0.15) is 40.0 Å². The van der Waals surface area contributed by atoms with Gasteiger partial charge in [-0.25, -0.2) is 13.1 Å². The second-order valence-corrected chi connectivity index (χ2v) is 6.78. The molecule has 1 rings (SSSR count).